The molecule has 4 rings (SSSR count). The summed E-state index contributed by atoms with van der Waals surface area (Å²) in [4.78, 5) is 16.8. The van der Waals surface area contributed by atoms with Crippen molar-refractivity contribution in [1.82, 2.24) is 0 Å². The molecule has 28 heavy (non-hydrogen) atoms. The molecule has 2 heterocycles. The number of carbonyl (C=O) groups excluding carboxylic acids is 1. The molecule has 1 amide bonds. The van der Waals surface area contributed by atoms with Crippen LogP contribution < -0.4 is 9.64 Å². The molecule has 0 fully saturated rings. The zero-order chi connectivity index (χ0) is 20.1. The normalized spacial score (nSPS) is 14.4. The molecule has 144 valence electrons. The number of para-hydroxylation sites is 1. The van der Waals surface area contributed by atoms with E-state index in [2.05, 4.69) is 36.4 Å². The Hall–Kier alpha value is -1.29. The fraction of sp³-hybridized carbons (Fsp3) is 0.238. The van der Waals surface area contributed by atoms with Gasteiger partial charge in [-0.2, -0.15) is 0 Å². The lowest BCUT2D eigenvalue weighted by Gasteiger charge is -2.43. The van der Waals surface area contributed by atoms with Gasteiger partial charge in [0.05, 0.1) is 28.3 Å². The number of hydrogen-bond donors (Lipinski definition) is 0. The highest BCUT2D eigenvalue weighted by Crippen LogP contribution is 2.55. The average molecular weight is 539 g/mol. The van der Waals surface area contributed by atoms with E-state index in [1.54, 1.807) is 20.7 Å². The molecule has 0 bridgehead atoms. The van der Waals surface area contributed by atoms with Crippen LogP contribution in [0.1, 0.15) is 36.0 Å². The van der Waals surface area contributed by atoms with Gasteiger partial charge in [0.25, 0.3) is 5.91 Å². The van der Waals surface area contributed by atoms with Crippen LogP contribution in [0, 0.1) is 7.39 Å². The van der Waals surface area contributed by atoms with Crippen LogP contribution in [0.4, 0.5) is 5.69 Å². The van der Waals surface area contributed by atoms with E-state index in [1.807, 2.05) is 54.3 Å². The summed E-state index contributed by atoms with van der Waals surface area (Å²) in [5, 5.41) is 0. The predicted molar refractivity (Wildman–Crippen MR) is 129 cm³/mol. The molecule has 0 unspecified atom stereocenters. The van der Waals surface area contributed by atoms with E-state index in [1.165, 1.54) is 0 Å². The smallest absolute Gasteiger partial charge is 0.260 e. The van der Waals surface area contributed by atoms with E-state index in [0.717, 1.165) is 29.1 Å². The van der Waals surface area contributed by atoms with Gasteiger partial charge in [0.2, 0.25) is 0 Å². The van der Waals surface area contributed by atoms with Gasteiger partial charge in [-0.25, -0.2) is 0 Å². The Morgan fingerprint density at radius 1 is 1.18 bits per heavy atom. The summed E-state index contributed by atoms with van der Waals surface area (Å²) in [5.41, 5.74) is 3.00. The highest BCUT2D eigenvalue weighted by molar-refractivity contribution is 14.1. The van der Waals surface area contributed by atoms with Crippen LogP contribution >= 0.6 is 55.5 Å². The molecular weight excluding hydrogens is 521 g/mol. The Bertz CT molecular complexity index is 1130. The minimum absolute atomic E-state index is 0.0293. The van der Waals surface area contributed by atoms with E-state index < -0.39 is 5.54 Å². The molecule has 7 heteroatoms. The summed E-state index contributed by atoms with van der Waals surface area (Å²) in [7, 11) is 3.26. The molecule has 3 aromatic rings. The molecule has 0 atom stereocenters. The third-order valence-corrected chi connectivity index (χ3v) is 9.12. The van der Waals surface area contributed by atoms with Gasteiger partial charge in [-0.1, -0.05) is 57.2 Å². The number of carbonyl (C=O) groups is 1. The van der Waals surface area contributed by atoms with Gasteiger partial charge < -0.3 is 4.74 Å². The van der Waals surface area contributed by atoms with Crippen LogP contribution in [0.2, 0.25) is 0 Å². The number of hydrogen-bond acceptors (Lipinski definition) is 5. The van der Waals surface area contributed by atoms with Crippen molar-refractivity contribution in [2.45, 2.75) is 26.3 Å². The summed E-state index contributed by atoms with van der Waals surface area (Å²) < 4.78 is 7.75. The van der Waals surface area contributed by atoms with Crippen LogP contribution in [0.3, 0.4) is 0 Å². The van der Waals surface area contributed by atoms with Crippen molar-refractivity contribution in [2.24, 2.45) is 0 Å². The number of halogens is 1. The minimum atomic E-state index is -0.538. The molecule has 0 saturated carbocycles. The van der Waals surface area contributed by atoms with E-state index in [-0.39, 0.29) is 5.91 Å². The number of ether oxygens (including phenoxy) is 1. The summed E-state index contributed by atoms with van der Waals surface area (Å²) in [5.74, 6) is 0.682. The molecule has 0 N–H and O–H groups in total. The van der Waals surface area contributed by atoms with Crippen molar-refractivity contribution in [3.8, 4) is 16.9 Å². The average Bonchev–Trinajstić information content (AvgIpc) is 3.06. The van der Waals surface area contributed by atoms with E-state index in [0.29, 0.717) is 17.9 Å². The Kier molecular flexibility index (Phi) is 5.37. The predicted octanol–water partition coefficient (Wildman–Crippen LogP) is 7.10. The fourth-order valence-electron chi connectivity index (χ4n) is 3.61. The summed E-state index contributed by atoms with van der Waals surface area (Å²) >= 11 is 7.88. The third-order valence-electron chi connectivity index (χ3n) is 4.85. The van der Waals surface area contributed by atoms with Gasteiger partial charge >= 0.3 is 0 Å². The highest BCUT2D eigenvalue weighted by atomic mass is 127. The fourth-order valence-corrected chi connectivity index (χ4v) is 7.51. The number of rotatable bonds is 3. The quantitative estimate of drug-likeness (QED) is 0.202. The Labute approximate surface area is 190 Å². The van der Waals surface area contributed by atoms with Gasteiger partial charge in [0.1, 0.15) is 9.57 Å². The lowest BCUT2D eigenvalue weighted by atomic mass is 9.86. The highest BCUT2D eigenvalue weighted by Gasteiger charge is 2.45. The molecule has 0 radical (unpaired) electrons. The van der Waals surface area contributed by atoms with Crippen LogP contribution in [0.5, 0.6) is 5.75 Å². The second kappa shape index (κ2) is 7.51. The van der Waals surface area contributed by atoms with E-state index in [9.17, 15) is 4.79 Å². The van der Waals surface area contributed by atoms with Crippen LogP contribution in [-0.2, 0) is 5.54 Å². The van der Waals surface area contributed by atoms with Gasteiger partial charge in [-0.15, -0.1) is 0 Å². The maximum absolute atomic E-state index is 13.8. The topological polar surface area (TPSA) is 29.5 Å². The molecule has 3 nitrogen and oxygen atoms in total. The monoisotopic (exact) mass is 539 g/mol. The minimum Gasteiger partial charge on any atom is -0.492 e. The van der Waals surface area contributed by atoms with Gasteiger partial charge in [-0.05, 0) is 61.6 Å². The summed E-state index contributed by atoms with van der Waals surface area (Å²) in [6.07, 6.45) is 0. The zero-order valence-electron chi connectivity index (χ0n) is 15.6. The molecule has 1 aliphatic heterocycles. The van der Waals surface area contributed by atoms with Gasteiger partial charge in [-0.3, -0.25) is 9.69 Å². The SMILES string of the molecule is CCOc1cccc2c1N(C(=O)c1ccccc1I)C(C)(C)c1ssc(=S)c1-2. The first-order chi connectivity index (χ1) is 13.4. The van der Waals surface area contributed by atoms with Crippen molar-refractivity contribution >= 4 is 67.1 Å². The van der Waals surface area contributed by atoms with Crippen LogP contribution in [0.25, 0.3) is 11.1 Å². The van der Waals surface area contributed by atoms with Crippen molar-refractivity contribution in [3.63, 3.8) is 0 Å². The lowest BCUT2D eigenvalue weighted by molar-refractivity contribution is 0.0959. The molecule has 1 aliphatic rings. The van der Waals surface area contributed by atoms with Gasteiger partial charge in [0.15, 0.2) is 0 Å². The first kappa shape index (κ1) is 20.0. The molecule has 2 aromatic carbocycles. The Morgan fingerprint density at radius 2 is 1.93 bits per heavy atom. The summed E-state index contributed by atoms with van der Waals surface area (Å²) in [6.45, 7) is 6.66. The molecule has 0 spiro atoms. The largest absolute Gasteiger partial charge is 0.492 e. The standard InChI is InChI=1S/C21H18INO2S3/c1-4-25-15-11-7-9-13-16-18(27-28-20(16)26)21(2,3)23(17(13)15)19(24)12-8-5-6-10-14(12)22/h5-11H,4H2,1-3H3. The first-order valence-corrected chi connectivity index (χ1v) is 12.5. The Balaban J connectivity index is 2.04. The molecule has 0 aliphatic carbocycles. The molecule has 1 aromatic heterocycles. The van der Waals surface area contributed by atoms with E-state index >= 15 is 0 Å². The zero-order valence-corrected chi connectivity index (χ0v) is 20.2. The number of nitrogens with zero attached hydrogens (tertiary/aromatic N) is 1. The number of amides is 1. The van der Waals surface area contributed by atoms with Crippen molar-refractivity contribution < 1.29 is 9.53 Å². The Morgan fingerprint density at radius 3 is 2.64 bits per heavy atom. The second-order valence-electron chi connectivity index (χ2n) is 6.92. The number of benzene rings is 2. The lowest BCUT2D eigenvalue weighted by Crippen LogP contribution is -2.48. The summed E-state index contributed by atoms with van der Waals surface area (Å²) in [6, 6.07) is 13.6. The van der Waals surface area contributed by atoms with Crippen LogP contribution in [0.15, 0.2) is 42.5 Å². The van der Waals surface area contributed by atoms with Crippen molar-refractivity contribution in [3.05, 3.63) is 60.3 Å². The van der Waals surface area contributed by atoms with Crippen molar-refractivity contribution in [1.29, 1.82) is 0 Å². The first-order valence-electron chi connectivity index (χ1n) is 8.86. The van der Waals surface area contributed by atoms with E-state index in [4.69, 9.17) is 17.0 Å². The van der Waals surface area contributed by atoms with Crippen LogP contribution in [-0.4, -0.2) is 12.5 Å². The number of anilines is 1. The molecule has 0 saturated heterocycles. The maximum atomic E-state index is 13.8. The van der Waals surface area contributed by atoms with Crippen molar-refractivity contribution in [2.75, 3.05) is 11.5 Å². The molecular formula is C21H18INO2S3. The maximum Gasteiger partial charge on any atom is 0.260 e. The van der Waals surface area contributed by atoms with Gasteiger partial charge in [0, 0.05) is 14.7 Å². The third kappa shape index (κ3) is 3.03. The second-order valence-corrected chi connectivity index (χ2v) is 10.9. The number of fused-ring (bicyclic) bond motifs is 3.